The number of nitrogens with zero attached hydrogens (tertiary/aromatic N) is 1. The van der Waals surface area contributed by atoms with E-state index in [1.165, 1.54) is 0 Å². The molecule has 2 saturated heterocycles. The lowest BCUT2D eigenvalue weighted by Gasteiger charge is -2.32. The van der Waals surface area contributed by atoms with Crippen molar-refractivity contribution in [1.82, 2.24) is 20.9 Å². The first kappa shape index (κ1) is 23.5. The van der Waals surface area contributed by atoms with Gasteiger partial charge in [0.15, 0.2) is 0 Å². The first-order valence-electron chi connectivity index (χ1n) is 10.7. The summed E-state index contributed by atoms with van der Waals surface area (Å²) >= 11 is 4.19. The summed E-state index contributed by atoms with van der Waals surface area (Å²) in [6, 6.07) is -2.01. The van der Waals surface area contributed by atoms with E-state index in [4.69, 9.17) is 0 Å². The van der Waals surface area contributed by atoms with E-state index in [9.17, 15) is 19.2 Å². The van der Waals surface area contributed by atoms with Crippen molar-refractivity contribution in [2.45, 2.75) is 76.9 Å². The van der Waals surface area contributed by atoms with Crippen LogP contribution in [0.3, 0.4) is 0 Å². The van der Waals surface area contributed by atoms with Gasteiger partial charge in [-0.2, -0.15) is 12.6 Å². The Hall–Kier alpha value is -1.77. The molecule has 0 radical (unpaired) electrons. The molecule has 0 aliphatic carbocycles. The Morgan fingerprint density at radius 3 is 2.55 bits per heavy atom. The van der Waals surface area contributed by atoms with Crippen molar-refractivity contribution in [3.8, 4) is 0 Å². The summed E-state index contributed by atoms with van der Waals surface area (Å²) in [7, 11) is 0. The first-order chi connectivity index (χ1) is 13.9. The van der Waals surface area contributed by atoms with Gasteiger partial charge in [-0.25, -0.2) is 0 Å². The van der Waals surface area contributed by atoms with Crippen LogP contribution in [0, 0.1) is 5.92 Å². The number of carbonyl (C=O) groups excluding carboxylic acids is 4. The van der Waals surface area contributed by atoms with E-state index in [-0.39, 0.29) is 30.2 Å². The molecule has 0 aromatic rings. The van der Waals surface area contributed by atoms with Crippen LogP contribution in [0.25, 0.3) is 0 Å². The zero-order valence-electron chi connectivity index (χ0n) is 17.4. The number of hydrogen-bond donors (Lipinski definition) is 4. The van der Waals surface area contributed by atoms with E-state index in [2.05, 4.69) is 28.6 Å². The normalized spacial score (nSPS) is 27.3. The van der Waals surface area contributed by atoms with Crippen LogP contribution in [0.5, 0.6) is 0 Å². The second-order valence-electron chi connectivity index (χ2n) is 7.97. The number of thiol groups is 1. The molecule has 0 aromatic heterocycles. The molecule has 2 aliphatic heterocycles. The number of carbonyl (C=O) groups is 4. The van der Waals surface area contributed by atoms with E-state index in [0.29, 0.717) is 25.8 Å². The summed E-state index contributed by atoms with van der Waals surface area (Å²) in [6.07, 6.45) is 5.11. The van der Waals surface area contributed by atoms with Crippen molar-refractivity contribution < 1.29 is 19.2 Å². The molecule has 164 valence electrons. The SMILES string of the molecule is CCC(C)[C@@H]1NC(=O)CNC(=O)[C@H](CCCCCS)NC(=O)[C@H]2CCCN2C1=O. The van der Waals surface area contributed by atoms with Crippen molar-refractivity contribution in [1.29, 1.82) is 0 Å². The molecule has 4 atom stereocenters. The third-order valence-electron chi connectivity index (χ3n) is 5.84. The van der Waals surface area contributed by atoms with Crippen LogP contribution in [-0.2, 0) is 19.2 Å². The van der Waals surface area contributed by atoms with Gasteiger partial charge in [0.25, 0.3) is 0 Å². The molecule has 2 aliphatic rings. The van der Waals surface area contributed by atoms with Crippen LogP contribution < -0.4 is 16.0 Å². The molecule has 8 nitrogen and oxygen atoms in total. The van der Waals surface area contributed by atoms with Crippen LogP contribution in [0.2, 0.25) is 0 Å². The van der Waals surface area contributed by atoms with Gasteiger partial charge in [0, 0.05) is 6.54 Å². The molecule has 29 heavy (non-hydrogen) atoms. The second-order valence-corrected chi connectivity index (χ2v) is 8.42. The minimum absolute atomic E-state index is 0.0750. The molecule has 4 amide bonds. The Bertz CT molecular complexity index is 615. The molecule has 0 spiro atoms. The molecule has 3 N–H and O–H groups in total. The number of nitrogens with one attached hydrogen (secondary N) is 3. The Morgan fingerprint density at radius 2 is 1.86 bits per heavy atom. The molecule has 2 heterocycles. The van der Waals surface area contributed by atoms with Crippen molar-refractivity contribution in [2.24, 2.45) is 5.92 Å². The third kappa shape index (κ3) is 6.35. The predicted molar refractivity (Wildman–Crippen MR) is 113 cm³/mol. The maximum atomic E-state index is 13.2. The molecule has 0 aromatic carbocycles. The monoisotopic (exact) mass is 426 g/mol. The van der Waals surface area contributed by atoms with Gasteiger partial charge >= 0.3 is 0 Å². The van der Waals surface area contributed by atoms with Crippen LogP contribution in [0.15, 0.2) is 0 Å². The Kier molecular flexibility index (Phi) is 9.26. The average molecular weight is 427 g/mol. The number of fused-ring (bicyclic) bond motifs is 1. The Morgan fingerprint density at radius 1 is 1.10 bits per heavy atom. The second kappa shape index (κ2) is 11.4. The first-order valence-corrected chi connectivity index (χ1v) is 11.3. The lowest BCUT2D eigenvalue weighted by Crippen LogP contribution is -2.60. The summed E-state index contributed by atoms with van der Waals surface area (Å²) < 4.78 is 0. The highest BCUT2D eigenvalue weighted by Gasteiger charge is 2.40. The third-order valence-corrected chi connectivity index (χ3v) is 6.16. The largest absolute Gasteiger partial charge is 0.345 e. The van der Waals surface area contributed by atoms with Gasteiger partial charge in [0.1, 0.15) is 18.1 Å². The topological polar surface area (TPSA) is 108 Å². The van der Waals surface area contributed by atoms with Crippen LogP contribution in [0.4, 0.5) is 0 Å². The van der Waals surface area contributed by atoms with Crippen molar-refractivity contribution in [3.05, 3.63) is 0 Å². The number of unbranched alkanes of at least 4 members (excludes halogenated alkanes) is 2. The van der Waals surface area contributed by atoms with Crippen molar-refractivity contribution in [2.75, 3.05) is 18.8 Å². The standard InChI is InChI=1S/C20H34N4O4S/c1-3-13(2)17-20(28)24-10-7-9-15(24)19(27)22-14(8-5-4-6-11-29)18(26)21-12-16(25)23-17/h13-15,17,29H,3-12H2,1-2H3,(H,21,26)(H,22,27)(H,23,25)/t13?,14-,15+,17-/m0/s1. The zero-order chi connectivity index (χ0) is 21.4. The van der Waals surface area contributed by atoms with Gasteiger partial charge in [0.2, 0.25) is 23.6 Å². The van der Waals surface area contributed by atoms with E-state index in [0.717, 1.165) is 31.4 Å². The highest BCUT2D eigenvalue weighted by molar-refractivity contribution is 7.80. The summed E-state index contributed by atoms with van der Waals surface area (Å²) in [6.45, 7) is 4.12. The molecule has 9 heteroatoms. The lowest BCUT2D eigenvalue weighted by molar-refractivity contribution is -0.143. The van der Waals surface area contributed by atoms with Crippen molar-refractivity contribution in [3.63, 3.8) is 0 Å². The molecule has 0 saturated carbocycles. The van der Waals surface area contributed by atoms with Gasteiger partial charge in [-0.15, -0.1) is 0 Å². The summed E-state index contributed by atoms with van der Waals surface area (Å²) in [5, 5.41) is 8.21. The van der Waals surface area contributed by atoms with E-state index in [1.54, 1.807) is 4.90 Å². The highest BCUT2D eigenvalue weighted by atomic mass is 32.1. The molecule has 0 bridgehead atoms. The number of rotatable bonds is 7. The van der Waals surface area contributed by atoms with Crippen LogP contribution in [-0.4, -0.2) is 65.5 Å². The minimum Gasteiger partial charge on any atom is -0.345 e. The molecule has 1 unspecified atom stereocenters. The fourth-order valence-electron chi connectivity index (χ4n) is 3.85. The number of amides is 4. The summed E-state index contributed by atoms with van der Waals surface area (Å²) in [4.78, 5) is 52.7. The zero-order valence-corrected chi connectivity index (χ0v) is 18.3. The van der Waals surface area contributed by atoms with Crippen LogP contribution >= 0.6 is 12.6 Å². The predicted octanol–water partition coefficient (Wildman–Crippen LogP) is 0.613. The summed E-state index contributed by atoms with van der Waals surface area (Å²) in [5.74, 6) is -0.569. The Balaban J connectivity index is 2.21. The molecule has 2 rings (SSSR count). The molecular weight excluding hydrogens is 392 g/mol. The van der Waals surface area contributed by atoms with Gasteiger partial charge < -0.3 is 20.9 Å². The van der Waals surface area contributed by atoms with Gasteiger partial charge in [-0.05, 0) is 37.4 Å². The highest BCUT2D eigenvalue weighted by Crippen LogP contribution is 2.22. The van der Waals surface area contributed by atoms with E-state index < -0.39 is 24.0 Å². The number of hydrogen-bond acceptors (Lipinski definition) is 5. The van der Waals surface area contributed by atoms with Gasteiger partial charge in [-0.1, -0.05) is 33.1 Å². The lowest BCUT2D eigenvalue weighted by atomic mass is 9.97. The maximum Gasteiger partial charge on any atom is 0.246 e. The van der Waals surface area contributed by atoms with E-state index >= 15 is 0 Å². The maximum absolute atomic E-state index is 13.2. The van der Waals surface area contributed by atoms with Crippen molar-refractivity contribution >= 4 is 36.3 Å². The quantitative estimate of drug-likeness (QED) is 0.353. The van der Waals surface area contributed by atoms with E-state index in [1.807, 2.05) is 13.8 Å². The fraction of sp³-hybridized carbons (Fsp3) is 0.800. The fourth-order valence-corrected chi connectivity index (χ4v) is 4.08. The minimum atomic E-state index is -0.711. The molecule has 2 fully saturated rings. The van der Waals surface area contributed by atoms with Gasteiger partial charge in [0.05, 0.1) is 6.54 Å². The smallest absolute Gasteiger partial charge is 0.246 e. The Labute approximate surface area is 178 Å². The summed E-state index contributed by atoms with van der Waals surface area (Å²) in [5.41, 5.74) is 0. The van der Waals surface area contributed by atoms with Gasteiger partial charge in [-0.3, -0.25) is 19.2 Å². The van der Waals surface area contributed by atoms with Crippen LogP contribution in [0.1, 0.15) is 58.8 Å². The molecular formula is C20H34N4O4S. The average Bonchev–Trinajstić information content (AvgIpc) is 3.20.